The van der Waals surface area contributed by atoms with Crippen molar-refractivity contribution in [2.75, 3.05) is 11.9 Å². The molecule has 0 radical (unpaired) electrons. The first-order valence-corrected chi connectivity index (χ1v) is 6.09. The molecule has 6 nitrogen and oxygen atoms in total. The summed E-state index contributed by atoms with van der Waals surface area (Å²) in [6.45, 7) is -0.385. The van der Waals surface area contributed by atoms with Crippen LogP contribution in [-0.4, -0.2) is 34.9 Å². The molecule has 4 N–H and O–H groups in total. The van der Waals surface area contributed by atoms with E-state index < -0.39 is 23.9 Å². The van der Waals surface area contributed by atoms with E-state index >= 15 is 0 Å². The summed E-state index contributed by atoms with van der Waals surface area (Å²) in [7, 11) is 0. The fourth-order valence-electron chi connectivity index (χ4n) is 1.29. The van der Waals surface area contributed by atoms with E-state index in [2.05, 4.69) is 26.6 Å². The van der Waals surface area contributed by atoms with Crippen LogP contribution in [0.25, 0.3) is 0 Å². The molecule has 0 heterocycles. The third-order valence-corrected chi connectivity index (χ3v) is 2.69. The maximum absolute atomic E-state index is 13.4. The van der Waals surface area contributed by atoms with Crippen LogP contribution in [0.1, 0.15) is 6.42 Å². The Labute approximate surface area is 116 Å². The van der Waals surface area contributed by atoms with Gasteiger partial charge in [-0.3, -0.25) is 0 Å². The molecule has 0 saturated carbocycles. The number of urea groups is 1. The SMILES string of the molecule is O=C(Nc1ccc(Br)cc1F)NC(CCO)C(=O)O. The van der Waals surface area contributed by atoms with Crippen LogP contribution in [0.4, 0.5) is 14.9 Å². The van der Waals surface area contributed by atoms with E-state index in [4.69, 9.17) is 10.2 Å². The summed E-state index contributed by atoms with van der Waals surface area (Å²) in [5.41, 5.74) is -0.0752. The molecule has 1 rings (SSSR count). The molecule has 104 valence electrons. The minimum Gasteiger partial charge on any atom is -0.480 e. The Kier molecular flexibility index (Phi) is 5.71. The third-order valence-electron chi connectivity index (χ3n) is 2.20. The van der Waals surface area contributed by atoms with Crippen LogP contribution in [0.2, 0.25) is 0 Å². The number of aliphatic hydroxyl groups is 1. The molecule has 19 heavy (non-hydrogen) atoms. The highest BCUT2D eigenvalue weighted by molar-refractivity contribution is 9.10. The fourth-order valence-corrected chi connectivity index (χ4v) is 1.63. The van der Waals surface area contributed by atoms with Gasteiger partial charge in [0, 0.05) is 17.5 Å². The Morgan fingerprint density at radius 2 is 2.11 bits per heavy atom. The first-order chi connectivity index (χ1) is 8.93. The molecule has 1 unspecified atom stereocenters. The number of rotatable bonds is 5. The van der Waals surface area contributed by atoms with Gasteiger partial charge in [-0.2, -0.15) is 0 Å². The number of amides is 2. The van der Waals surface area contributed by atoms with Crippen LogP contribution < -0.4 is 10.6 Å². The summed E-state index contributed by atoms with van der Waals surface area (Å²) in [5, 5.41) is 21.7. The zero-order chi connectivity index (χ0) is 14.4. The standard InChI is InChI=1S/C11H12BrFN2O4/c12-6-1-2-8(7(13)5-6)14-11(19)15-9(3-4-16)10(17)18/h1-2,5,9,16H,3-4H2,(H,17,18)(H2,14,15,19). The van der Waals surface area contributed by atoms with Gasteiger partial charge in [0.25, 0.3) is 0 Å². The first kappa shape index (κ1) is 15.4. The molecule has 1 atom stereocenters. The predicted molar refractivity (Wildman–Crippen MR) is 69.4 cm³/mol. The molecule has 0 spiro atoms. The van der Waals surface area contributed by atoms with E-state index in [9.17, 15) is 14.0 Å². The zero-order valence-corrected chi connectivity index (χ0v) is 11.3. The van der Waals surface area contributed by atoms with Gasteiger partial charge in [0.1, 0.15) is 11.9 Å². The lowest BCUT2D eigenvalue weighted by Crippen LogP contribution is -2.43. The lowest BCUT2D eigenvalue weighted by molar-refractivity contribution is -0.139. The molecule has 1 aromatic rings. The van der Waals surface area contributed by atoms with Crippen LogP contribution in [0.3, 0.4) is 0 Å². The predicted octanol–water partition coefficient (Wildman–Crippen LogP) is 1.55. The van der Waals surface area contributed by atoms with Gasteiger partial charge >= 0.3 is 12.0 Å². The van der Waals surface area contributed by atoms with Gasteiger partial charge < -0.3 is 20.8 Å². The number of aliphatic hydroxyl groups excluding tert-OH is 1. The van der Waals surface area contributed by atoms with Gasteiger partial charge in [-0.1, -0.05) is 15.9 Å². The number of hydrogen-bond acceptors (Lipinski definition) is 3. The zero-order valence-electron chi connectivity index (χ0n) is 9.69. The van der Waals surface area contributed by atoms with Crippen LogP contribution in [-0.2, 0) is 4.79 Å². The summed E-state index contributed by atoms with van der Waals surface area (Å²) in [4.78, 5) is 22.2. The van der Waals surface area contributed by atoms with E-state index in [-0.39, 0.29) is 18.7 Å². The quantitative estimate of drug-likeness (QED) is 0.656. The molecule has 0 aliphatic rings. The monoisotopic (exact) mass is 334 g/mol. The lowest BCUT2D eigenvalue weighted by atomic mass is 10.2. The van der Waals surface area contributed by atoms with Crippen LogP contribution in [0.5, 0.6) is 0 Å². The summed E-state index contributed by atoms with van der Waals surface area (Å²) in [6, 6.07) is 1.94. The molecular formula is C11H12BrFN2O4. The van der Waals surface area contributed by atoms with E-state index in [0.717, 1.165) is 6.07 Å². The van der Waals surface area contributed by atoms with Crippen molar-refractivity contribution in [1.29, 1.82) is 0 Å². The van der Waals surface area contributed by atoms with Crippen molar-refractivity contribution >= 4 is 33.6 Å². The number of anilines is 1. The summed E-state index contributed by atoms with van der Waals surface area (Å²) < 4.78 is 13.9. The number of benzene rings is 1. The van der Waals surface area contributed by atoms with E-state index in [1.807, 2.05) is 0 Å². The number of halogens is 2. The lowest BCUT2D eigenvalue weighted by Gasteiger charge is -2.14. The number of nitrogens with one attached hydrogen (secondary N) is 2. The molecule has 0 aliphatic heterocycles. The normalized spacial score (nSPS) is 11.7. The van der Waals surface area contributed by atoms with Crippen molar-refractivity contribution in [3.8, 4) is 0 Å². The molecule has 0 aliphatic carbocycles. The Hall–Kier alpha value is -1.67. The highest BCUT2D eigenvalue weighted by atomic mass is 79.9. The van der Waals surface area contributed by atoms with Crippen LogP contribution >= 0.6 is 15.9 Å². The van der Waals surface area contributed by atoms with Crippen molar-refractivity contribution in [3.05, 3.63) is 28.5 Å². The van der Waals surface area contributed by atoms with Crippen molar-refractivity contribution in [2.45, 2.75) is 12.5 Å². The maximum Gasteiger partial charge on any atom is 0.326 e. The second-order valence-corrected chi connectivity index (χ2v) is 4.54. The second-order valence-electron chi connectivity index (χ2n) is 3.63. The number of carboxylic acids is 1. The summed E-state index contributed by atoms with van der Waals surface area (Å²) >= 11 is 3.07. The highest BCUT2D eigenvalue weighted by Gasteiger charge is 2.19. The Balaban J connectivity index is 2.66. The number of carbonyl (C=O) groups is 2. The van der Waals surface area contributed by atoms with Crippen molar-refractivity contribution in [3.63, 3.8) is 0 Å². The van der Waals surface area contributed by atoms with Gasteiger partial charge in [-0.25, -0.2) is 14.0 Å². The van der Waals surface area contributed by atoms with Crippen molar-refractivity contribution in [1.82, 2.24) is 5.32 Å². The number of aliphatic carboxylic acids is 1. The Morgan fingerprint density at radius 3 is 2.63 bits per heavy atom. The molecule has 0 bridgehead atoms. The largest absolute Gasteiger partial charge is 0.480 e. The van der Waals surface area contributed by atoms with Crippen molar-refractivity contribution in [2.24, 2.45) is 0 Å². The minimum atomic E-state index is -1.28. The fraction of sp³-hybridized carbons (Fsp3) is 0.273. The maximum atomic E-state index is 13.4. The van der Waals surface area contributed by atoms with Gasteiger partial charge in [0.05, 0.1) is 5.69 Å². The Morgan fingerprint density at radius 1 is 1.42 bits per heavy atom. The van der Waals surface area contributed by atoms with Crippen LogP contribution in [0, 0.1) is 5.82 Å². The average molecular weight is 335 g/mol. The van der Waals surface area contributed by atoms with Gasteiger partial charge in [0.15, 0.2) is 0 Å². The highest BCUT2D eigenvalue weighted by Crippen LogP contribution is 2.19. The van der Waals surface area contributed by atoms with E-state index in [1.165, 1.54) is 12.1 Å². The first-order valence-electron chi connectivity index (χ1n) is 5.30. The Bertz CT molecular complexity index is 484. The van der Waals surface area contributed by atoms with Gasteiger partial charge in [-0.05, 0) is 18.2 Å². The second kappa shape index (κ2) is 7.05. The van der Waals surface area contributed by atoms with Gasteiger partial charge in [0.2, 0.25) is 0 Å². The topological polar surface area (TPSA) is 98.7 Å². The molecule has 1 aromatic carbocycles. The summed E-state index contributed by atoms with van der Waals surface area (Å²) in [6.07, 6.45) is -0.133. The molecule has 0 saturated heterocycles. The minimum absolute atomic E-state index is 0.0752. The molecule has 8 heteroatoms. The molecule has 2 amide bonds. The van der Waals surface area contributed by atoms with Gasteiger partial charge in [-0.15, -0.1) is 0 Å². The van der Waals surface area contributed by atoms with E-state index in [0.29, 0.717) is 4.47 Å². The smallest absolute Gasteiger partial charge is 0.326 e. The summed E-state index contributed by atoms with van der Waals surface area (Å²) in [5.74, 6) is -1.93. The molecular weight excluding hydrogens is 323 g/mol. The number of carboxylic acid groups (broad SMARTS) is 1. The third kappa shape index (κ3) is 4.84. The molecule has 0 aromatic heterocycles. The molecule has 0 fully saturated rings. The van der Waals surface area contributed by atoms with Crippen molar-refractivity contribution < 1.29 is 24.2 Å². The number of carbonyl (C=O) groups excluding carboxylic acids is 1. The van der Waals surface area contributed by atoms with E-state index in [1.54, 1.807) is 0 Å². The van der Waals surface area contributed by atoms with Crippen LogP contribution in [0.15, 0.2) is 22.7 Å². The average Bonchev–Trinajstić information content (AvgIpc) is 2.32. The number of hydrogen-bond donors (Lipinski definition) is 4.